The number of carbonyl (C=O) groups excluding carboxylic acids is 2. The van der Waals surface area contributed by atoms with Gasteiger partial charge in [-0.3, -0.25) is 9.59 Å². The molecule has 128 valence electrons. The molecule has 2 aromatic heterocycles. The second kappa shape index (κ2) is 6.48. The molecule has 1 N–H and O–H groups in total. The summed E-state index contributed by atoms with van der Waals surface area (Å²) in [6.07, 6.45) is 1.60. The fraction of sp³-hybridized carbons (Fsp3) is 0.188. The summed E-state index contributed by atoms with van der Waals surface area (Å²) in [5.41, 5.74) is 1.61. The average Bonchev–Trinajstić information content (AvgIpc) is 3.00. The molecule has 0 bridgehead atoms. The molecule has 0 fully saturated rings. The van der Waals surface area contributed by atoms with Crippen molar-refractivity contribution in [2.24, 2.45) is 0 Å². The monoisotopic (exact) mass is 358 g/mol. The molecule has 0 spiro atoms. The molecule has 9 heteroatoms. The van der Waals surface area contributed by atoms with Gasteiger partial charge >= 0.3 is 0 Å². The van der Waals surface area contributed by atoms with Crippen LogP contribution in [0.15, 0.2) is 30.5 Å². The number of hydrogen-bond donors (Lipinski definition) is 1. The van der Waals surface area contributed by atoms with Gasteiger partial charge in [-0.1, -0.05) is 11.6 Å². The summed E-state index contributed by atoms with van der Waals surface area (Å²) < 4.78 is 1.49. The number of carbonyl (C=O) groups is 2. The maximum Gasteiger partial charge on any atom is 0.295 e. The SMILES string of the molecule is Cc1ccnc2nc(C(=O)Nc3ccc(C(=O)N(C)C)c(Cl)c3)nn12. The van der Waals surface area contributed by atoms with E-state index in [0.717, 1.165) is 5.69 Å². The topological polar surface area (TPSA) is 92.5 Å². The highest BCUT2D eigenvalue weighted by molar-refractivity contribution is 6.34. The normalized spacial score (nSPS) is 10.7. The van der Waals surface area contributed by atoms with Crippen LogP contribution in [0.2, 0.25) is 5.02 Å². The number of benzene rings is 1. The van der Waals surface area contributed by atoms with Gasteiger partial charge in [-0.2, -0.15) is 4.98 Å². The van der Waals surface area contributed by atoms with Crippen LogP contribution in [0.4, 0.5) is 5.69 Å². The fourth-order valence-electron chi connectivity index (χ4n) is 2.20. The minimum atomic E-state index is -0.493. The smallest absolute Gasteiger partial charge is 0.295 e. The van der Waals surface area contributed by atoms with Crippen molar-refractivity contribution < 1.29 is 9.59 Å². The van der Waals surface area contributed by atoms with Gasteiger partial charge in [0.15, 0.2) is 0 Å². The van der Waals surface area contributed by atoms with Gasteiger partial charge in [-0.05, 0) is 31.2 Å². The first kappa shape index (κ1) is 16.8. The Morgan fingerprint density at radius 3 is 2.64 bits per heavy atom. The molecule has 2 heterocycles. The Balaban J connectivity index is 1.84. The van der Waals surface area contributed by atoms with Crippen LogP contribution >= 0.6 is 11.6 Å². The number of rotatable bonds is 3. The number of nitrogens with zero attached hydrogens (tertiary/aromatic N) is 5. The van der Waals surface area contributed by atoms with E-state index in [1.807, 2.05) is 6.92 Å². The van der Waals surface area contributed by atoms with Crippen molar-refractivity contribution in [2.45, 2.75) is 6.92 Å². The molecule has 0 unspecified atom stereocenters. The summed E-state index contributed by atoms with van der Waals surface area (Å²) in [6.45, 7) is 1.84. The van der Waals surface area contributed by atoms with Crippen molar-refractivity contribution >= 4 is 34.9 Å². The molecule has 0 radical (unpaired) electrons. The molecule has 0 aliphatic carbocycles. The summed E-state index contributed by atoms with van der Waals surface area (Å²) >= 11 is 6.14. The molecule has 0 aliphatic rings. The Labute approximate surface area is 148 Å². The van der Waals surface area contributed by atoms with E-state index in [0.29, 0.717) is 17.0 Å². The lowest BCUT2D eigenvalue weighted by atomic mass is 10.2. The van der Waals surface area contributed by atoms with E-state index in [1.165, 1.54) is 15.5 Å². The van der Waals surface area contributed by atoms with E-state index < -0.39 is 5.91 Å². The average molecular weight is 359 g/mol. The van der Waals surface area contributed by atoms with Gasteiger partial charge in [-0.15, -0.1) is 5.10 Å². The van der Waals surface area contributed by atoms with E-state index in [9.17, 15) is 9.59 Å². The summed E-state index contributed by atoms with van der Waals surface area (Å²) in [5, 5.41) is 7.04. The molecule has 25 heavy (non-hydrogen) atoms. The lowest BCUT2D eigenvalue weighted by molar-refractivity contribution is 0.0827. The highest BCUT2D eigenvalue weighted by Gasteiger charge is 2.17. The minimum Gasteiger partial charge on any atom is -0.345 e. The van der Waals surface area contributed by atoms with Crippen molar-refractivity contribution in [2.75, 3.05) is 19.4 Å². The van der Waals surface area contributed by atoms with Crippen LogP contribution in [-0.4, -0.2) is 50.4 Å². The highest BCUT2D eigenvalue weighted by atomic mass is 35.5. The van der Waals surface area contributed by atoms with E-state index in [1.54, 1.807) is 38.5 Å². The number of hydrogen-bond acceptors (Lipinski definition) is 5. The van der Waals surface area contributed by atoms with Crippen LogP contribution < -0.4 is 5.32 Å². The van der Waals surface area contributed by atoms with Gasteiger partial charge < -0.3 is 10.2 Å². The zero-order valence-corrected chi connectivity index (χ0v) is 14.6. The summed E-state index contributed by atoms with van der Waals surface area (Å²) in [7, 11) is 3.28. The maximum atomic E-state index is 12.3. The Morgan fingerprint density at radius 1 is 1.24 bits per heavy atom. The molecule has 3 rings (SSSR count). The van der Waals surface area contributed by atoms with Crippen molar-refractivity contribution in [1.82, 2.24) is 24.5 Å². The van der Waals surface area contributed by atoms with Crippen LogP contribution in [0, 0.1) is 6.92 Å². The number of anilines is 1. The molecule has 3 aromatic rings. The number of halogens is 1. The van der Waals surface area contributed by atoms with Crippen molar-refractivity contribution in [3.05, 3.63) is 52.6 Å². The molecule has 0 aliphatic heterocycles. The summed E-state index contributed by atoms with van der Waals surface area (Å²) in [4.78, 5) is 33.9. The molecule has 0 saturated heterocycles. The number of aromatic nitrogens is 4. The second-order valence-corrected chi connectivity index (χ2v) is 5.99. The van der Waals surface area contributed by atoms with Gasteiger partial charge in [0, 0.05) is 31.7 Å². The third-order valence-electron chi connectivity index (χ3n) is 3.50. The first-order chi connectivity index (χ1) is 11.9. The Hall–Kier alpha value is -3.00. The largest absolute Gasteiger partial charge is 0.345 e. The lowest BCUT2D eigenvalue weighted by Gasteiger charge is -2.12. The van der Waals surface area contributed by atoms with E-state index in [-0.39, 0.29) is 16.8 Å². The van der Waals surface area contributed by atoms with Crippen molar-refractivity contribution in [3.8, 4) is 0 Å². The number of fused-ring (bicyclic) bond motifs is 1. The lowest BCUT2D eigenvalue weighted by Crippen LogP contribution is -2.22. The maximum absolute atomic E-state index is 12.3. The second-order valence-electron chi connectivity index (χ2n) is 5.58. The Morgan fingerprint density at radius 2 is 2.00 bits per heavy atom. The minimum absolute atomic E-state index is 0.00799. The van der Waals surface area contributed by atoms with E-state index in [2.05, 4.69) is 20.4 Å². The predicted molar refractivity (Wildman–Crippen MR) is 92.9 cm³/mol. The molecular formula is C16H15ClN6O2. The molecule has 0 saturated carbocycles. The number of amides is 2. The zero-order chi connectivity index (χ0) is 18.1. The van der Waals surface area contributed by atoms with Gasteiger partial charge in [0.05, 0.1) is 10.6 Å². The fourth-order valence-corrected chi connectivity index (χ4v) is 2.46. The van der Waals surface area contributed by atoms with Gasteiger partial charge in [0.1, 0.15) is 0 Å². The molecule has 0 atom stereocenters. The van der Waals surface area contributed by atoms with Crippen molar-refractivity contribution in [1.29, 1.82) is 0 Å². The standard InChI is InChI=1S/C16H15ClN6O2/c1-9-6-7-18-16-20-13(21-23(9)16)14(24)19-10-4-5-11(12(17)8-10)15(25)22(2)3/h4-8H,1-3H3,(H,19,24). The number of nitrogens with one attached hydrogen (secondary N) is 1. The third kappa shape index (κ3) is 3.29. The van der Waals surface area contributed by atoms with Crippen LogP contribution in [0.3, 0.4) is 0 Å². The van der Waals surface area contributed by atoms with Gasteiger partial charge in [0.25, 0.3) is 17.6 Å². The van der Waals surface area contributed by atoms with Crippen LogP contribution in [-0.2, 0) is 0 Å². The first-order valence-electron chi connectivity index (χ1n) is 7.38. The molecule has 2 amide bonds. The zero-order valence-electron chi connectivity index (χ0n) is 13.8. The Kier molecular flexibility index (Phi) is 4.37. The quantitative estimate of drug-likeness (QED) is 0.773. The van der Waals surface area contributed by atoms with E-state index in [4.69, 9.17) is 11.6 Å². The third-order valence-corrected chi connectivity index (χ3v) is 3.81. The Bertz CT molecular complexity index is 982. The molecule has 1 aromatic carbocycles. The van der Waals surface area contributed by atoms with Crippen LogP contribution in [0.25, 0.3) is 5.78 Å². The van der Waals surface area contributed by atoms with E-state index >= 15 is 0 Å². The molecular weight excluding hydrogens is 344 g/mol. The van der Waals surface area contributed by atoms with Gasteiger partial charge in [-0.25, -0.2) is 9.50 Å². The predicted octanol–water partition coefficient (Wildman–Crippen LogP) is 2.04. The highest BCUT2D eigenvalue weighted by Crippen LogP contribution is 2.22. The number of aryl methyl sites for hydroxylation is 1. The van der Waals surface area contributed by atoms with Crippen molar-refractivity contribution in [3.63, 3.8) is 0 Å². The molecule has 8 nitrogen and oxygen atoms in total. The first-order valence-corrected chi connectivity index (χ1v) is 7.75. The van der Waals surface area contributed by atoms with Gasteiger partial charge in [0.2, 0.25) is 5.82 Å². The van der Waals surface area contributed by atoms with Crippen LogP contribution in [0.5, 0.6) is 0 Å². The van der Waals surface area contributed by atoms with Crippen LogP contribution in [0.1, 0.15) is 26.7 Å². The summed E-state index contributed by atoms with van der Waals surface area (Å²) in [5.74, 6) is -0.374. The summed E-state index contributed by atoms with van der Waals surface area (Å²) in [6, 6.07) is 6.43.